The van der Waals surface area contributed by atoms with E-state index in [1.54, 1.807) is 6.92 Å². The zero-order valence-electron chi connectivity index (χ0n) is 10.3. The van der Waals surface area contributed by atoms with Gasteiger partial charge in [0, 0.05) is 6.54 Å². The van der Waals surface area contributed by atoms with E-state index in [1.165, 1.54) is 4.90 Å². The van der Waals surface area contributed by atoms with E-state index in [0.29, 0.717) is 13.0 Å². The summed E-state index contributed by atoms with van der Waals surface area (Å²) in [7, 11) is 0. The summed E-state index contributed by atoms with van der Waals surface area (Å²) >= 11 is 0. The number of amides is 1. The fourth-order valence-corrected chi connectivity index (χ4v) is 1.67. The van der Waals surface area contributed by atoms with E-state index in [4.69, 9.17) is 10.8 Å². The molecule has 0 radical (unpaired) electrons. The highest BCUT2D eigenvalue weighted by Crippen LogP contribution is 2.13. The third-order valence-corrected chi connectivity index (χ3v) is 2.36. The Hall–Kier alpha value is -1.10. The highest BCUT2D eigenvalue weighted by molar-refractivity contribution is 5.88. The first-order chi connectivity index (χ1) is 7.35. The van der Waals surface area contributed by atoms with E-state index in [1.807, 2.05) is 13.8 Å². The fraction of sp³-hybridized carbons (Fsp3) is 0.818. The van der Waals surface area contributed by atoms with Crippen molar-refractivity contribution >= 4 is 11.9 Å². The van der Waals surface area contributed by atoms with E-state index >= 15 is 0 Å². The lowest BCUT2D eigenvalue weighted by Crippen LogP contribution is -2.54. The van der Waals surface area contributed by atoms with Gasteiger partial charge in [-0.15, -0.1) is 0 Å². The van der Waals surface area contributed by atoms with Crippen LogP contribution in [-0.4, -0.2) is 40.5 Å². The molecule has 1 unspecified atom stereocenters. The topological polar surface area (TPSA) is 83.6 Å². The van der Waals surface area contributed by atoms with Crippen LogP contribution in [0, 0.1) is 0 Å². The number of carboxylic acid groups (broad SMARTS) is 1. The standard InChI is InChI=1S/C11H22N2O3/c1-4-6-11(3,12)10(16)13(7-5-2)8-9(14)15/h4-8,12H2,1-3H3,(H,14,15). The van der Waals surface area contributed by atoms with Gasteiger partial charge in [-0.05, 0) is 19.8 Å². The zero-order chi connectivity index (χ0) is 12.8. The number of carboxylic acids is 1. The molecule has 1 atom stereocenters. The van der Waals surface area contributed by atoms with E-state index < -0.39 is 11.5 Å². The van der Waals surface area contributed by atoms with Crippen LogP contribution in [0.25, 0.3) is 0 Å². The van der Waals surface area contributed by atoms with Gasteiger partial charge in [0.25, 0.3) is 0 Å². The lowest BCUT2D eigenvalue weighted by Gasteiger charge is -2.30. The summed E-state index contributed by atoms with van der Waals surface area (Å²) in [6.45, 7) is 5.66. The molecule has 5 nitrogen and oxygen atoms in total. The summed E-state index contributed by atoms with van der Waals surface area (Å²) < 4.78 is 0. The van der Waals surface area contributed by atoms with E-state index in [2.05, 4.69) is 0 Å². The molecule has 0 heterocycles. The number of carbonyl (C=O) groups is 2. The molecule has 94 valence electrons. The van der Waals surface area contributed by atoms with Crippen LogP contribution in [0.1, 0.15) is 40.0 Å². The summed E-state index contributed by atoms with van der Waals surface area (Å²) in [4.78, 5) is 24.0. The van der Waals surface area contributed by atoms with Gasteiger partial charge in [-0.2, -0.15) is 0 Å². The molecule has 0 saturated heterocycles. The molecule has 5 heteroatoms. The van der Waals surface area contributed by atoms with Crippen LogP contribution in [0.3, 0.4) is 0 Å². The molecule has 0 bridgehead atoms. The van der Waals surface area contributed by atoms with Crippen molar-refractivity contribution in [2.24, 2.45) is 5.73 Å². The molecule has 0 aliphatic carbocycles. The van der Waals surface area contributed by atoms with Crippen LogP contribution in [0.2, 0.25) is 0 Å². The van der Waals surface area contributed by atoms with Crippen LogP contribution in [-0.2, 0) is 9.59 Å². The summed E-state index contributed by atoms with van der Waals surface area (Å²) in [6, 6.07) is 0. The molecule has 0 aromatic carbocycles. The summed E-state index contributed by atoms with van der Waals surface area (Å²) in [5.41, 5.74) is 4.93. The molecule has 16 heavy (non-hydrogen) atoms. The molecule has 0 rings (SSSR count). The lowest BCUT2D eigenvalue weighted by molar-refractivity contribution is -0.146. The fourth-order valence-electron chi connectivity index (χ4n) is 1.67. The zero-order valence-corrected chi connectivity index (χ0v) is 10.3. The number of carbonyl (C=O) groups excluding carboxylic acids is 1. The molecule has 0 aromatic heterocycles. The third kappa shape index (κ3) is 4.61. The lowest BCUT2D eigenvalue weighted by atomic mass is 9.95. The Morgan fingerprint density at radius 3 is 2.25 bits per heavy atom. The van der Waals surface area contributed by atoms with Crippen molar-refractivity contribution in [2.45, 2.75) is 45.6 Å². The van der Waals surface area contributed by atoms with Crippen LogP contribution >= 0.6 is 0 Å². The van der Waals surface area contributed by atoms with Crippen LogP contribution < -0.4 is 5.73 Å². The van der Waals surface area contributed by atoms with Crippen molar-refractivity contribution in [1.29, 1.82) is 0 Å². The first-order valence-corrected chi connectivity index (χ1v) is 5.65. The molecule has 1 amide bonds. The Bertz CT molecular complexity index is 252. The summed E-state index contributed by atoms with van der Waals surface area (Å²) in [6.07, 6.45) is 2.08. The SMILES string of the molecule is CCCN(CC(=O)O)C(=O)C(C)(N)CCC. The molecular weight excluding hydrogens is 208 g/mol. The molecule has 0 aliphatic heterocycles. The van der Waals surface area contributed by atoms with Crippen molar-refractivity contribution in [2.75, 3.05) is 13.1 Å². The van der Waals surface area contributed by atoms with Gasteiger partial charge in [-0.1, -0.05) is 20.3 Å². The predicted molar refractivity (Wildman–Crippen MR) is 62.0 cm³/mol. The van der Waals surface area contributed by atoms with Crippen molar-refractivity contribution in [3.8, 4) is 0 Å². The van der Waals surface area contributed by atoms with Gasteiger partial charge in [0.15, 0.2) is 0 Å². The number of hydrogen-bond acceptors (Lipinski definition) is 3. The Balaban J connectivity index is 4.64. The molecule has 0 aliphatic rings. The van der Waals surface area contributed by atoms with Gasteiger partial charge in [0.05, 0.1) is 5.54 Å². The second kappa shape index (κ2) is 6.48. The van der Waals surface area contributed by atoms with Crippen LogP contribution in [0.15, 0.2) is 0 Å². The molecule has 0 spiro atoms. The minimum Gasteiger partial charge on any atom is -0.480 e. The number of nitrogens with zero attached hydrogens (tertiary/aromatic N) is 1. The maximum Gasteiger partial charge on any atom is 0.323 e. The van der Waals surface area contributed by atoms with E-state index in [9.17, 15) is 9.59 Å². The minimum atomic E-state index is -1.01. The first-order valence-electron chi connectivity index (χ1n) is 5.65. The average molecular weight is 230 g/mol. The second-order valence-corrected chi connectivity index (χ2v) is 4.29. The minimum absolute atomic E-state index is 0.275. The highest BCUT2D eigenvalue weighted by atomic mass is 16.4. The van der Waals surface area contributed by atoms with Gasteiger partial charge in [-0.25, -0.2) is 0 Å². The molecule has 0 saturated carbocycles. The van der Waals surface area contributed by atoms with Crippen molar-refractivity contribution in [3.05, 3.63) is 0 Å². The smallest absolute Gasteiger partial charge is 0.323 e. The molecule has 3 N–H and O–H groups in total. The third-order valence-electron chi connectivity index (χ3n) is 2.36. The van der Waals surface area contributed by atoms with Crippen molar-refractivity contribution in [3.63, 3.8) is 0 Å². The molecule has 0 fully saturated rings. The Labute approximate surface area is 96.6 Å². The number of rotatable bonds is 7. The number of hydrogen-bond donors (Lipinski definition) is 2. The Kier molecular flexibility index (Phi) is 6.03. The maximum absolute atomic E-state index is 12.0. The molecular formula is C11H22N2O3. The second-order valence-electron chi connectivity index (χ2n) is 4.29. The van der Waals surface area contributed by atoms with Crippen molar-refractivity contribution < 1.29 is 14.7 Å². The summed E-state index contributed by atoms with van der Waals surface area (Å²) in [5, 5.41) is 8.72. The van der Waals surface area contributed by atoms with Crippen LogP contribution in [0.4, 0.5) is 0 Å². The monoisotopic (exact) mass is 230 g/mol. The quantitative estimate of drug-likeness (QED) is 0.678. The largest absolute Gasteiger partial charge is 0.480 e. The van der Waals surface area contributed by atoms with Gasteiger partial charge in [0.2, 0.25) is 5.91 Å². The van der Waals surface area contributed by atoms with Gasteiger partial charge < -0.3 is 15.7 Å². The van der Waals surface area contributed by atoms with Crippen LogP contribution in [0.5, 0.6) is 0 Å². The Morgan fingerprint density at radius 2 is 1.88 bits per heavy atom. The van der Waals surface area contributed by atoms with Gasteiger partial charge >= 0.3 is 5.97 Å². The highest BCUT2D eigenvalue weighted by Gasteiger charge is 2.32. The normalized spacial score (nSPS) is 14.2. The number of nitrogens with two attached hydrogens (primary N) is 1. The maximum atomic E-state index is 12.0. The average Bonchev–Trinajstić information content (AvgIpc) is 2.15. The van der Waals surface area contributed by atoms with Gasteiger partial charge in [0.1, 0.15) is 6.54 Å². The molecule has 0 aromatic rings. The summed E-state index contributed by atoms with van der Waals surface area (Å²) in [5.74, 6) is -1.28. The van der Waals surface area contributed by atoms with E-state index in [-0.39, 0.29) is 12.5 Å². The van der Waals surface area contributed by atoms with E-state index in [0.717, 1.165) is 12.8 Å². The first kappa shape index (κ1) is 14.9. The van der Waals surface area contributed by atoms with Crippen molar-refractivity contribution in [1.82, 2.24) is 4.90 Å². The Morgan fingerprint density at radius 1 is 1.31 bits per heavy atom. The number of aliphatic carboxylic acids is 1. The predicted octanol–water partition coefficient (Wildman–Crippen LogP) is 0.827. The van der Waals surface area contributed by atoms with Gasteiger partial charge in [-0.3, -0.25) is 9.59 Å².